The van der Waals surface area contributed by atoms with Gasteiger partial charge in [-0.25, -0.2) is 4.98 Å². The van der Waals surface area contributed by atoms with E-state index in [4.69, 9.17) is 23.2 Å². The molecule has 3 rings (SSSR count). The number of likely N-dealkylation sites (tertiary alicyclic amines) is 1. The van der Waals surface area contributed by atoms with E-state index in [2.05, 4.69) is 26.1 Å². The van der Waals surface area contributed by atoms with Gasteiger partial charge in [0.15, 0.2) is 5.16 Å². The maximum absolute atomic E-state index is 6.22. The Morgan fingerprint density at radius 2 is 2.09 bits per heavy atom. The Kier molecular flexibility index (Phi) is 5.29. The molecule has 4 nitrogen and oxygen atoms in total. The predicted octanol–water partition coefficient (Wildman–Crippen LogP) is 4.18. The van der Waals surface area contributed by atoms with E-state index in [9.17, 15) is 0 Å². The molecule has 1 N–H and O–H groups in total. The molecule has 22 heavy (non-hydrogen) atoms. The molecule has 1 unspecified atom stereocenters. The Bertz CT molecular complexity index is 603. The van der Waals surface area contributed by atoms with Gasteiger partial charge in [-0.1, -0.05) is 41.0 Å². The molecule has 2 aromatic rings. The number of thioether (sulfide) groups is 1. The highest BCUT2D eigenvalue weighted by Crippen LogP contribution is 2.32. The Hall–Kier alpha value is -0.750. The lowest BCUT2D eigenvalue weighted by atomic mass is 10.1. The van der Waals surface area contributed by atoms with Gasteiger partial charge in [-0.15, -0.1) is 0 Å². The molecule has 1 atom stereocenters. The minimum Gasteiger partial charge on any atom is -0.291 e. The topological polar surface area (TPSA) is 44.8 Å². The van der Waals surface area contributed by atoms with Crippen molar-refractivity contribution in [3.8, 4) is 0 Å². The summed E-state index contributed by atoms with van der Waals surface area (Å²) in [6.07, 6.45) is 4.97. The molecule has 1 aliphatic rings. The summed E-state index contributed by atoms with van der Waals surface area (Å²) in [5.41, 5.74) is 2.23. The monoisotopic (exact) mass is 356 g/mol. The zero-order valence-electron chi connectivity index (χ0n) is 12.4. The van der Waals surface area contributed by atoms with Crippen LogP contribution in [-0.2, 0) is 6.42 Å². The van der Waals surface area contributed by atoms with Crippen LogP contribution in [0.3, 0.4) is 0 Å². The van der Waals surface area contributed by atoms with Crippen LogP contribution < -0.4 is 0 Å². The van der Waals surface area contributed by atoms with Crippen LogP contribution in [0.15, 0.2) is 23.6 Å². The highest BCUT2D eigenvalue weighted by molar-refractivity contribution is 7.99. The molecule has 0 bridgehead atoms. The third-order valence-corrected chi connectivity index (χ3v) is 5.92. The molecule has 7 heteroatoms. The van der Waals surface area contributed by atoms with Crippen molar-refractivity contribution < 1.29 is 0 Å². The number of aromatic nitrogens is 3. The maximum Gasteiger partial charge on any atom is 0.184 e. The number of hydrogen-bond acceptors (Lipinski definition) is 4. The summed E-state index contributed by atoms with van der Waals surface area (Å²) < 4.78 is 0. The molecule has 1 aliphatic heterocycles. The average molecular weight is 357 g/mol. The summed E-state index contributed by atoms with van der Waals surface area (Å²) in [5.74, 6) is 0. The van der Waals surface area contributed by atoms with Gasteiger partial charge in [0.25, 0.3) is 0 Å². The van der Waals surface area contributed by atoms with E-state index in [1.165, 1.54) is 18.4 Å². The third kappa shape index (κ3) is 3.77. The lowest BCUT2D eigenvalue weighted by Gasteiger charge is -2.26. The van der Waals surface area contributed by atoms with Crippen LogP contribution in [0.5, 0.6) is 0 Å². The van der Waals surface area contributed by atoms with Crippen LogP contribution in [0.4, 0.5) is 0 Å². The van der Waals surface area contributed by atoms with Crippen molar-refractivity contribution in [2.45, 2.75) is 36.7 Å². The fourth-order valence-electron chi connectivity index (χ4n) is 2.77. The number of benzene rings is 1. The smallest absolute Gasteiger partial charge is 0.184 e. The molecule has 0 saturated carbocycles. The summed E-state index contributed by atoms with van der Waals surface area (Å²) in [5, 5.41) is 9.32. The summed E-state index contributed by atoms with van der Waals surface area (Å²) >= 11 is 14.1. The van der Waals surface area contributed by atoms with Crippen molar-refractivity contribution in [3.05, 3.63) is 39.6 Å². The molecule has 1 aromatic carbocycles. The average Bonchev–Trinajstić information content (AvgIpc) is 3.17. The first-order valence-corrected chi connectivity index (χ1v) is 8.97. The van der Waals surface area contributed by atoms with E-state index < -0.39 is 0 Å². The van der Waals surface area contributed by atoms with Crippen LogP contribution in [0.25, 0.3) is 0 Å². The Morgan fingerprint density at radius 1 is 1.32 bits per heavy atom. The fraction of sp³-hybridized carbons (Fsp3) is 0.467. The molecule has 1 fully saturated rings. The quantitative estimate of drug-likeness (QED) is 0.816. The van der Waals surface area contributed by atoms with Gasteiger partial charge in [-0.3, -0.25) is 10.00 Å². The molecule has 0 aliphatic carbocycles. The fourth-order valence-corrected chi connectivity index (χ4v) is 4.28. The number of hydrogen-bond donors (Lipinski definition) is 1. The molecule has 1 saturated heterocycles. The van der Waals surface area contributed by atoms with Crippen LogP contribution in [0, 0.1) is 6.92 Å². The normalized spacial score (nSPS) is 17.0. The Labute approximate surface area is 144 Å². The van der Waals surface area contributed by atoms with Crippen molar-refractivity contribution >= 4 is 35.0 Å². The number of aromatic amines is 1. The highest BCUT2D eigenvalue weighted by Gasteiger charge is 2.24. The second-order valence-electron chi connectivity index (χ2n) is 5.52. The number of rotatable bonds is 5. The van der Waals surface area contributed by atoms with Gasteiger partial charge in [0.2, 0.25) is 0 Å². The Balaban J connectivity index is 1.79. The minimum absolute atomic E-state index is 0.326. The SMILES string of the molecule is Cc1cc(CC(Sc2ncn[nH]2)N2CCCC2)cc(Cl)c1Cl. The van der Waals surface area contributed by atoms with Crippen molar-refractivity contribution in [3.63, 3.8) is 0 Å². The van der Waals surface area contributed by atoms with Crippen molar-refractivity contribution in [1.29, 1.82) is 0 Å². The van der Waals surface area contributed by atoms with Gasteiger partial charge < -0.3 is 0 Å². The van der Waals surface area contributed by atoms with E-state index in [0.29, 0.717) is 15.4 Å². The van der Waals surface area contributed by atoms with Crippen molar-refractivity contribution in [2.75, 3.05) is 13.1 Å². The van der Waals surface area contributed by atoms with E-state index >= 15 is 0 Å². The number of nitrogens with zero attached hydrogens (tertiary/aromatic N) is 3. The molecule has 0 amide bonds. The van der Waals surface area contributed by atoms with Gasteiger partial charge in [0, 0.05) is 0 Å². The van der Waals surface area contributed by atoms with Crippen LogP contribution >= 0.6 is 35.0 Å². The van der Waals surface area contributed by atoms with E-state index in [1.54, 1.807) is 18.1 Å². The summed E-state index contributed by atoms with van der Waals surface area (Å²) in [4.78, 5) is 6.75. The van der Waals surface area contributed by atoms with Gasteiger partial charge in [-0.05, 0) is 56.5 Å². The first-order valence-electron chi connectivity index (χ1n) is 7.34. The molecule has 118 valence electrons. The summed E-state index contributed by atoms with van der Waals surface area (Å²) in [6.45, 7) is 4.25. The summed E-state index contributed by atoms with van der Waals surface area (Å²) in [7, 11) is 0. The van der Waals surface area contributed by atoms with Crippen molar-refractivity contribution in [1.82, 2.24) is 20.1 Å². The Morgan fingerprint density at radius 3 is 2.73 bits per heavy atom. The highest BCUT2D eigenvalue weighted by atomic mass is 35.5. The molecular formula is C15H18Cl2N4S. The van der Waals surface area contributed by atoms with Gasteiger partial charge in [0.1, 0.15) is 6.33 Å². The lowest BCUT2D eigenvalue weighted by Crippen LogP contribution is -2.32. The minimum atomic E-state index is 0.326. The molecule has 0 radical (unpaired) electrons. The van der Waals surface area contributed by atoms with Crippen LogP contribution in [0.1, 0.15) is 24.0 Å². The molecule has 1 aromatic heterocycles. The van der Waals surface area contributed by atoms with E-state index in [-0.39, 0.29) is 0 Å². The van der Waals surface area contributed by atoms with E-state index in [1.807, 2.05) is 13.0 Å². The van der Waals surface area contributed by atoms with Crippen molar-refractivity contribution in [2.24, 2.45) is 0 Å². The number of nitrogens with one attached hydrogen (secondary N) is 1. The number of halogens is 2. The third-order valence-electron chi connectivity index (χ3n) is 3.87. The second-order valence-corrected chi connectivity index (χ2v) is 7.47. The van der Waals surface area contributed by atoms with Gasteiger partial charge in [0.05, 0.1) is 15.4 Å². The van der Waals surface area contributed by atoms with Gasteiger partial charge in [-0.2, -0.15) is 5.10 Å². The van der Waals surface area contributed by atoms with Crippen LogP contribution in [-0.4, -0.2) is 38.5 Å². The lowest BCUT2D eigenvalue weighted by molar-refractivity contribution is 0.315. The predicted molar refractivity (Wildman–Crippen MR) is 91.7 cm³/mol. The zero-order valence-corrected chi connectivity index (χ0v) is 14.7. The number of aryl methyl sites for hydroxylation is 1. The van der Waals surface area contributed by atoms with Gasteiger partial charge >= 0.3 is 0 Å². The van der Waals surface area contributed by atoms with Crippen LogP contribution in [0.2, 0.25) is 10.0 Å². The maximum atomic E-state index is 6.22. The molecule has 2 heterocycles. The van der Waals surface area contributed by atoms with E-state index in [0.717, 1.165) is 30.2 Å². The largest absolute Gasteiger partial charge is 0.291 e. The second kappa shape index (κ2) is 7.21. The standard InChI is InChI=1S/C15H18Cl2N4S/c1-10-6-11(7-12(16)14(10)17)8-13(21-4-2-3-5-21)22-15-18-9-19-20-15/h6-7,9,13H,2-5,8H2,1H3,(H,18,19,20). The molecule has 0 spiro atoms. The first kappa shape index (κ1) is 16.1. The number of H-pyrrole nitrogens is 1. The molecular weight excluding hydrogens is 339 g/mol. The zero-order chi connectivity index (χ0) is 15.5. The summed E-state index contributed by atoms with van der Waals surface area (Å²) in [6, 6.07) is 4.10. The first-order chi connectivity index (χ1) is 10.6.